The van der Waals surface area contributed by atoms with Gasteiger partial charge in [-0.15, -0.1) is 0 Å². The summed E-state index contributed by atoms with van der Waals surface area (Å²) in [5, 5.41) is 6.96. The van der Waals surface area contributed by atoms with Crippen LogP contribution in [-0.4, -0.2) is 11.7 Å². The first-order chi connectivity index (χ1) is 10.5. The summed E-state index contributed by atoms with van der Waals surface area (Å²) >= 11 is 8.75. The molecule has 22 heavy (non-hydrogen) atoms. The van der Waals surface area contributed by atoms with Crippen LogP contribution >= 0.6 is 28.1 Å². The maximum Gasteiger partial charge on any atom is 0.170 e. The minimum Gasteiger partial charge on any atom is -0.362 e. The van der Waals surface area contributed by atoms with Crippen molar-refractivity contribution in [1.29, 1.82) is 0 Å². The molecule has 0 amide bonds. The molecule has 0 aliphatic rings. The van der Waals surface area contributed by atoms with E-state index in [1.165, 1.54) is 12.1 Å². The van der Waals surface area contributed by atoms with Gasteiger partial charge in [0.05, 0.1) is 0 Å². The molecule has 0 heterocycles. The monoisotopic (exact) mass is 380 g/mol. The van der Waals surface area contributed by atoms with E-state index in [1.807, 2.05) is 37.3 Å². The number of hydrogen-bond donors (Lipinski definition) is 2. The van der Waals surface area contributed by atoms with Gasteiger partial charge in [0, 0.05) is 16.7 Å². The van der Waals surface area contributed by atoms with Crippen molar-refractivity contribution in [1.82, 2.24) is 5.32 Å². The summed E-state index contributed by atoms with van der Waals surface area (Å²) in [7, 11) is 0. The Morgan fingerprint density at radius 2 is 1.91 bits per heavy atom. The number of aryl methyl sites for hydroxylation is 2. The van der Waals surface area contributed by atoms with Gasteiger partial charge in [0.1, 0.15) is 5.82 Å². The number of halogens is 2. The summed E-state index contributed by atoms with van der Waals surface area (Å²) in [6, 6.07) is 12.6. The third kappa shape index (κ3) is 5.39. The van der Waals surface area contributed by atoms with Gasteiger partial charge in [-0.3, -0.25) is 0 Å². The van der Waals surface area contributed by atoms with Gasteiger partial charge in [0.15, 0.2) is 5.11 Å². The van der Waals surface area contributed by atoms with E-state index in [0.717, 1.165) is 40.7 Å². The average Bonchev–Trinajstić information content (AvgIpc) is 2.49. The molecule has 0 saturated heterocycles. The van der Waals surface area contributed by atoms with Crippen LogP contribution in [0.5, 0.6) is 0 Å². The van der Waals surface area contributed by atoms with Crippen LogP contribution < -0.4 is 10.6 Å². The second-order valence-electron chi connectivity index (χ2n) is 5.07. The first kappa shape index (κ1) is 16.9. The molecule has 2 aromatic rings. The number of benzene rings is 2. The highest BCUT2D eigenvalue weighted by Crippen LogP contribution is 2.19. The molecular weight excluding hydrogens is 363 g/mol. The Morgan fingerprint density at radius 1 is 1.18 bits per heavy atom. The third-order valence-electron chi connectivity index (χ3n) is 3.26. The standard InChI is InChI=1S/C17H18BrFN2S/c1-12-11-15(8-9-16(12)18)21-17(22)20-10-2-3-13-4-6-14(19)7-5-13/h4-9,11H,2-3,10H2,1H3,(H2,20,21,22). The van der Waals surface area contributed by atoms with Crippen LogP contribution in [0.15, 0.2) is 46.9 Å². The zero-order chi connectivity index (χ0) is 15.9. The normalized spacial score (nSPS) is 10.3. The van der Waals surface area contributed by atoms with Crippen molar-refractivity contribution in [2.75, 3.05) is 11.9 Å². The van der Waals surface area contributed by atoms with Crippen molar-refractivity contribution in [3.63, 3.8) is 0 Å². The fraction of sp³-hybridized carbons (Fsp3) is 0.235. The topological polar surface area (TPSA) is 24.1 Å². The molecule has 0 fully saturated rings. The van der Waals surface area contributed by atoms with E-state index >= 15 is 0 Å². The number of hydrogen-bond acceptors (Lipinski definition) is 1. The SMILES string of the molecule is Cc1cc(NC(=S)NCCCc2ccc(F)cc2)ccc1Br. The molecule has 2 N–H and O–H groups in total. The lowest BCUT2D eigenvalue weighted by Crippen LogP contribution is -2.29. The second-order valence-corrected chi connectivity index (χ2v) is 6.34. The molecule has 0 saturated carbocycles. The van der Waals surface area contributed by atoms with Crippen LogP contribution in [0.25, 0.3) is 0 Å². The minimum absolute atomic E-state index is 0.197. The maximum absolute atomic E-state index is 12.8. The van der Waals surface area contributed by atoms with E-state index in [0.29, 0.717) is 5.11 Å². The van der Waals surface area contributed by atoms with E-state index in [9.17, 15) is 4.39 Å². The van der Waals surface area contributed by atoms with Gasteiger partial charge < -0.3 is 10.6 Å². The summed E-state index contributed by atoms with van der Waals surface area (Å²) in [5.41, 5.74) is 3.26. The minimum atomic E-state index is -0.197. The molecule has 0 unspecified atom stereocenters. The van der Waals surface area contributed by atoms with Crippen LogP contribution in [0, 0.1) is 12.7 Å². The highest BCUT2D eigenvalue weighted by Gasteiger charge is 2.00. The van der Waals surface area contributed by atoms with Crippen molar-refractivity contribution in [2.45, 2.75) is 19.8 Å². The molecule has 2 rings (SSSR count). The van der Waals surface area contributed by atoms with Crippen molar-refractivity contribution in [2.24, 2.45) is 0 Å². The molecule has 2 nitrogen and oxygen atoms in total. The molecule has 0 aliphatic heterocycles. The predicted molar refractivity (Wildman–Crippen MR) is 97.8 cm³/mol. The van der Waals surface area contributed by atoms with E-state index < -0.39 is 0 Å². The summed E-state index contributed by atoms with van der Waals surface area (Å²) in [4.78, 5) is 0. The van der Waals surface area contributed by atoms with Crippen molar-refractivity contribution >= 4 is 38.9 Å². The van der Waals surface area contributed by atoms with Crippen LogP contribution in [0.3, 0.4) is 0 Å². The Morgan fingerprint density at radius 3 is 2.59 bits per heavy atom. The molecule has 2 aromatic carbocycles. The highest BCUT2D eigenvalue weighted by atomic mass is 79.9. The smallest absolute Gasteiger partial charge is 0.170 e. The van der Waals surface area contributed by atoms with Gasteiger partial charge in [-0.05, 0) is 73.4 Å². The lowest BCUT2D eigenvalue weighted by Gasteiger charge is -2.11. The average molecular weight is 381 g/mol. The fourth-order valence-corrected chi connectivity index (χ4v) is 2.51. The molecule has 0 spiro atoms. The summed E-state index contributed by atoms with van der Waals surface area (Å²) in [6.07, 6.45) is 1.83. The van der Waals surface area contributed by atoms with Gasteiger partial charge in [-0.25, -0.2) is 4.39 Å². The zero-order valence-electron chi connectivity index (χ0n) is 12.3. The van der Waals surface area contributed by atoms with Crippen molar-refractivity contribution < 1.29 is 4.39 Å². The number of rotatable bonds is 5. The number of nitrogens with one attached hydrogen (secondary N) is 2. The summed E-state index contributed by atoms with van der Waals surface area (Å²) < 4.78 is 13.9. The van der Waals surface area contributed by atoms with Crippen LogP contribution in [0.1, 0.15) is 17.5 Å². The molecule has 0 aromatic heterocycles. The molecule has 116 valence electrons. The van der Waals surface area contributed by atoms with Crippen LogP contribution in [0.4, 0.5) is 10.1 Å². The third-order valence-corrected chi connectivity index (χ3v) is 4.39. The number of thiocarbonyl (C=S) groups is 1. The van der Waals surface area contributed by atoms with E-state index in [1.54, 1.807) is 0 Å². The Hall–Kier alpha value is -1.46. The lowest BCUT2D eigenvalue weighted by molar-refractivity contribution is 0.626. The lowest BCUT2D eigenvalue weighted by atomic mass is 10.1. The molecule has 0 aliphatic carbocycles. The van der Waals surface area contributed by atoms with Gasteiger partial charge in [0.2, 0.25) is 0 Å². The molecule has 0 radical (unpaired) electrons. The van der Waals surface area contributed by atoms with Gasteiger partial charge in [-0.2, -0.15) is 0 Å². The first-order valence-corrected chi connectivity index (χ1v) is 8.30. The molecule has 0 atom stereocenters. The summed E-state index contributed by atoms with van der Waals surface area (Å²) in [6.45, 7) is 2.81. The largest absolute Gasteiger partial charge is 0.362 e. The van der Waals surface area contributed by atoms with Crippen LogP contribution in [-0.2, 0) is 6.42 Å². The first-order valence-electron chi connectivity index (χ1n) is 7.10. The molecule has 5 heteroatoms. The maximum atomic E-state index is 12.8. The molecule has 0 bridgehead atoms. The Labute approximate surface area is 144 Å². The van der Waals surface area contributed by atoms with Crippen molar-refractivity contribution in [3.05, 3.63) is 63.9 Å². The van der Waals surface area contributed by atoms with Crippen LogP contribution in [0.2, 0.25) is 0 Å². The van der Waals surface area contributed by atoms with Gasteiger partial charge >= 0.3 is 0 Å². The predicted octanol–water partition coefficient (Wildman–Crippen LogP) is 4.82. The second kappa shape index (κ2) is 8.25. The summed E-state index contributed by atoms with van der Waals surface area (Å²) in [5.74, 6) is -0.197. The Bertz CT molecular complexity index is 644. The highest BCUT2D eigenvalue weighted by molar-refractivity contribution is 9.10. The molecular formula is C17H18BrFN2S. The van der Waals surface area contributed by atoms with Gasteiger partial charge in [-0.1, -0.05) is 28.1 Å². The Kier molecular flexibility index (Phi) is 6.34. The van der Waals surface area contributed by atoms with E-state index in [-0.39, 0.29) is 5.82 Å². The van der Waals surface area contributed by atoms with E-state index in [2.05, 4.69) is 26.6 Å². The Balaban J connectivity index is 1.71. The number of anilines is 1. The van der Waals surface area contributed by atoms with E-state index in [4.69, 9.17) is 12.2 Å². The quantitative estimate of drug-likeness (QED) is 0.574. The van der Waals surface area contributed by atoms with Crippen molar-refractivity contribution in [3.8, 4) is 0 Å². The fourth-order valence-electron chi connectivity index (χ4n) is 2.04. The van der Waals surface area contributed by atoms with Gasteiger partial charge in [0.25, 0.3) is 0 Å². The zero-order valence-corrected chi connectivity index (χ0v) is 14.7.